The smallest absolute Gasteiger partial charge is 0.256 e. The van der Waals surface area contributed by atoms with Crippen molar-refractivity contribution in [3.8, 4) is 0 Å². The van der Waals surface area contributed by atoms with E-state index in [4.69, 9.17) is 11.6 Å². The molecular weight excluding hydrogens is 300 g/mol. The SMILES string of the molecule is CC(=O)Nc1ccc(/C=C2\C(=O)Nc3ccc(Cl)cc32)cc1. The molecule has 1 aliphatic rings. The summed E-state index contributed by atoms with van der Waals surface area (Å²) in [6.07, 6.45) is 1.80. The van der Waals surface area contributed by atoms with Gasteiger partial charge in [0.15, 0.2) is 0 Å². The van der Waals surface area contributed by atoms with Gasteiger partial charge in [0.25, 0.3) is 5.91 Å². The van der Waals surface area contributed by atoms with Gasteiger partial charge in [0.2, 0.25) is 5.91 Å². The number of anilines is 2. The number of amides is 2. The van der Waals surface area contributed by atoms with E-state index in [0.717, 1.165) is 16.8 Å². The van der Waals surface area contributed by atoms with E-state index < -0.39 is 0 Å². The van der Waals surface area contributed by atoms with Crippen LogP contribution in [0.4, 0.5) is 11.4 Å². The number of hydrogen-bond acceptors (Lipinski definition) is 2. The molecule has 0 atom stereocenters. The van der Waals surface area contributed by atoms with Crippen LogP contribution < -0.4 is 10.6 Å². The van der Waals surface area contributed by atoms with Crippen LogP contribution in [0.5, 0.6) is 0 Å². The molecule has 1 aliphatic heterocycles. The molecule has 22 heavy (non-hydrogen) atoms. The molecule has 2 amide bonds. The molecule has 0 spiro atoms. The van der Waals surface area contributed by atoms with Gasteiger partial charge in [-0.2, -0.15) is 0 Å². The van der Waals surface area contributed by atoms with Crippen LogP contribution in [-0.4, -0.2) is 11.8 Å². The second kappa shape index (κ2) is 5.66. The van der Waals surface area contributed by atoms with Crippen molar-refractivity contribution in [3.05, 3.63) is 58.6 Å². The Hall–Kier alpha value is -2.59. The monoisotopic (exact) mass is 312 g/mol. The van der Waals surface area contributed by atoms with Crippen LogP contribution in [0.25, 0.3) is 11.6 Å². The Balaban J connectivity index is 1.94. The topological polar surface area (TPSA) is 58.2 Å². The van der Waals surface area contributed by atoms with Gasteiger partial charge in [-0.1, -0.05) is 23.7 Å². The summed E-state index contributed by atoms with van der Waals surface area (Å²) < 4.78 is 0. The number of halogens is 1. The standard InChI is InChI=1S/C17H13ClN2O2/c1-10(21)19-13-5-2-11(3-6-13)8-15-14-9-12(18)4-7-16(14)20-17(15)22/h2-9H,1H3,(H,19,21)(H,20,22)/b15-8-. The molecule has 4 nitrogen and oxygen atoms in total. The zero-order chi connectivity index (χ0) is 15.7. The molecule has 2 aromatic carbocycles. The van der Waals surface area contributed by atoms with Crippen molar-refractivity contribution < 1.29 is 9.59 Å². The van der Waals surface area contributed by atoms with Crippen LogP contribution >= 0.6 is 11.6 Å². The van der Waals surface area contributed by atoms with Crippen LogP contribution in [-0.2, 0) is 9.59 Å². The van der Waals surface area contributed by atoms with E-state index in [1.54, 1.807) is 36.4 Å². The van der Waals surface area contributed by atoms with E-state index in [0.29, 0.717) is 16.3 Å². The molecule has 0 unspecified atom stereocenters. The first-order valence-electron chi connectivity index (χ1n) is 6.73. The second-order valence-corrected chi connectivity index (χ2v) is 5.44. The zero-order valence-electron chi connectivity index (χ0n) is 11.8. The first kappa shape index (κ1) is 14.4. The fourth-order valence-electron chi connectivity index (χ4n) is 2.34. The van der Waals surface area contributed by atoms with Crippen molar-refractivity contribution in [1.82, 2.24) is 0 Å². The maximum absolute atomic E-state index is 12.1. The van der Waals surface area contributed by atoms with Crippen LogP contribution in [0.1, 0.15) is 18.1 Å². The highest BCUT2D eigenvalue weighted by molar-refractivity contribution is 6.36. The molecule has 0 aliphatic carbocycles. The lowest BCUT2D eigenvalue weighted by molar-refractivity contribution is -0.114. The number of benzene rings is 2. The average Bonchev–Trinajstić information content (AvgIpc) is 2.76. The molecule has 0 saturated heterocycles. The van der Waals surface area contributed by atoms with Crippen LogP contribution in [0.15, 0.2) is 42.5 Å². The Morgan fingerprint density at radius 3 is 2.59 bits per heavy atom. The minimum atomic E-state index is -0.150. The molecule has 0 bridgehead atoms. The fraction of sp³-hybridized carbons (Fsp3) is 0.0588. The van der Waals surface area contributed by atoms with Crippen molar-refractivity contribution >= 4 is 46.4 Å². The Kier molecular flexibility index (Phi) is 3.69. The van der Waals surface area contributed by atoms with E-state index >= 15 is 0 Å². The lowest BCUT2D eigenvalue weighted by Crippen LogP contribution is -2.05. The lowest BCUT2D eigenvalue weighted by Gasteiger charge is -2.03. The van der Waals surface area contributed by atoms with E-state index in [1.165, 1.54) is 6.92 Å². The molecule has 0 saturated carbocycles. The van der Waals surface area contributed by atoms with E-state index in [2.05, 4.69) is 10.6 Å². The summed E-state index contributed by atoms with van der Waals surface area (Å²) in [7, 11) is 0. The molecule has 0 fully saturated rings. The molecule has 2 N–H and O–H groups in total. The Morgan fingerprint density at radius 2 is 1.91 bits per heavy atom. The fourth-order valence-corrected chi connectivity index (χ4v) is 2.51. The summed E-state index contributed by atoms with van der Waals surface area (Å²) in [5.41, 5.74) is 3.71. The molecule has 1 heterocycles. The second-order valence-electron chi connectivity index (χ2n) is 5.01. The van der Waals surface area contributed by atoms with Gasteiger partial charge >= 0.3 is 0 Å². The molecule has 0 aromatic heterocycles. The van der Waals surface area contributed by atoms with Gasteiger partial charge in [-0.25, -0.2) is 0 Å². The van der Waals surface area contributed by atoms with Crippen LogP contribution in [0, 0.1) is 0 Å². The van der Waals surface area contributed by atoms with Gasteiger partial charge in [-0.05, 0) is 42.0 Å². The first-order valence-corrected chi connectivity index (χ1v) is 7.11. The molecule has 2 aromatic rings. The lowest BCUT2D eigenvalue weighted by atomic mass is 10.0. The summed E-state index contributed by atoms with van der Waals surface area (Å²) in [5, 5.41) is 6.10. The van der Waals surface area contributed by atoms with E-state index in [9.17, 15) is 9.59 Å². The first-order chi connectivity index (χ1) is 10.5. The number of rotatable bonds is 2. The third-order valence-electron chi connectivity index (χ3n) is 3.31. The maximum Gasteiger partial charge on any atom is 0.256 e. The van der Waals surface area contributed by atoms with Crippen molar-refractivity contribution in [2.24, 2.45) is 0 Å². The Bertz CT molecular complexity index is 795. The molecule has 5 heteroatoms. The number of carbonyl (C=O) groups excluding carboxylic acids is 2. The summed E-state index contributed by atoms with van der Waals surface area (Å²) >= 11 is 6.00. The molecular formula is C17H13ClN2O2. The minimum absolute atomic E-state index is 0.121. The number of nitrogens with one attached hydrogen (secondary N) is 2. The van der Waals surface area contributed by atoms with Crippen LogP contribution in [0.2, 0.25) is 5.02 Å². The highest BCUT2D eigenvalue weighted by atomic mass is 35.5. The predicted octanol–water partition coefficient (Wildman–Crippen LogP) is 3.79. The third-order valence-corrected chi connectivity index (χ3v) is 3.54. The van der Waals surface area contributed by atoms with Crippen molar-refractivity contribution in [2.75, 3.05) is 10.6 Å². The highest BCUT2D eigenvalue weighted by Crippen LogP contribution is 2.34. The summed E-state index contributed by atoms with van der Waals surface area (Å²) in [5.74, 6) is -0.270. The molecule has 110 valence electrons. The number of hydrogen-bond donors (Lipinski definition) is 2. The van der Waals surface area contributed by atoms with E-state index in [-0.39, 0.29) is 11.8 Å². The van der Waals surface area contributed by atoms with Crippen molar-refractivity contribution in [2.45, 2.75) is 6.92 Å². The Labute approximate surface area is 132 Å². The molecule has 3 rings (SSSR count). The maximum atomic E-state index is 12.1. The largest absolute Gasteiger partial charge is 0.326 e. The van der Waals surface area contributed by atoms with Gasteiger partial charge in [-0.15, -0.1) is 0 Å². The average molecular weight is 313 g/mol. The normalized spacial score (nSPS) is 14.6. The van der Waals surface area contributed by atoms with Gasteiger partial charge in [0.05, 0.1) is 0 Å². The van der Waals surface area contributed by atoms with E-state index in [1.807, 2.05) is 12.1 Å². The zero-order valence-corrected chi connectivity index (χ0v) is 12.6. The predicted molar refractivity (Wildman–Crippen MR) is 88.7 cm³/mol. The quantitative estimate of drug-likeness (QED) is 0.829. The summed E-state index contributed by atoms with van der Waals surface area (Å²) in [4.78, 5) is 23.1. The van der Waals surface area contributed by atoms with Crippen molar-refractivity contribution in [3.63, 3.8) is 0 Å². The van der Waals surface area contributed by atoms with Gasteiger partial charge < -0.3 is 10.6 Å². The van der Waals surface area contributed by atoms with Gasteiger partial charge in [0.1, 0.15) is 0 Å². The molecule has 0 radical (unpaired) electrons. The summed E-state index contributed by atoms with van der Waals surface area (Å²) in [6.45, 7) is 1.46. The number of fused-ring (bicyclic) bond motifs is 1. The van der Waals surface area contributed by atoms with Crippen molar-refractivity contribution in [1.29, 1.82) is 0 Å². The highest BCUT2D eigenvalue weighted by Gasteiger charge is 2.24. The number of carbonyl (C=O) groups is 2. The van der Waals surface area contributed by atoms with Gasteiger partial charge in [-0.3, -0.25) is 9.59 Å². The summed E-state index contributed by atoms with van der Waals surface area (Å²) in [6, 6.07) is 12.6. The Morgan fingerprint density at radius 1 is 1.18 bits per heavy atom. The van der Waals surface area contributed by atoms with Crippen LogP contribution in [0.3, 0.4) is 0 Å². The third kappa shape index (κ3) is 2.87. The van der Waals surface area contributed by atoms with Gasteiger partial charge in [0, 0.05) is 34.5 Å². The minimum Gasteiger partial charge on any atom is -0.326 e.